The average molecular weight is 348 g/mol. The Kier molecular flexibility index (Phi) is 3.18. The molecule has 0 saturated heterocycles. The lowest BCUT2D eigenvalue weighted by Gasteiger charge is -2.08. The van der Waals surface area contributed by atoms with Crippen molar-refractivity contribution in [2.45, 2.75) is 25.3 Å². The Morgan fingerprint density at radius 2 is 2.00 bits per heavy atom. The molecule has 0 spiro atoms. The largest absolute Gasteiger partial charge is 0.454 e. The lowest BCUT2D eigenvalue weighted by Crippen LogP contribution is -2.04. The number of rotatable bonds is 4. The number of benzene rings is 1. The van der Waals surface area contributed by atoms with Gasteiger partial charge in [0, 0.05) is 18.5 Å². The van der Waals surface area contributed by atoms with Gasteiger partial charge in [0.15, 0.2) is 11.5 Å². The van der Waals surface area contributed by atoms with Gasteiger partial charge < -0.3 is 14.8 Å². The third kappa shape index (κ3) is 2.81. The normalized spacial score (nSPS) is 16.0. The predicted octanol–water partition coefficient (Wildman–Crippen LogP) is 3.46. The van der Waals surface area contributed by atoms with Crippen molar-refractivity contribution in [3.05, 3.63) is 40.3 Å². The smallest absolute Gasteiger partial charge is 0.231 e. The lowest BCUT2D eigenvalue weighted by molar-refractivity contribution is 0.174. The van der Waals surface area contributed by atoms with Crippen LogP contribution in [0.1, 0.15) is 30.1 Å². The molecule has 1 aliphatic heterocycles. The summed E-state index contributed by atoms with van der Waals surface area (Å²) in [6.45, 7) is 0.986. The Morgan fingerprint density at radius 3 is 2.86 bits per heavy atom. The van der Waals surface area contributed by atoms with E-state index in [4.69, 9.17) is 9.47 Å². The SMILES string of the molecule is Brc1cc(NCc2ccc3c(c2)OCO3)nc(C2CC2)n1. The quantitative estimate of drug-likeness (QED) is 0.858. The van der Waals surface area contributed by atoms with E-state index in [-0.39, 0.29) is 0 Å². The Morgan fingerprint density at radius 1 is 1.14 bits per heavy atom. The summed E-state index contributed by atoms with van der Waals surface area (Å²) in [4.78, 5) is 9.00. The summed E-state index contributed by atoms with van der Waals surface area (Å²) >= 11 is 3.45. The van der Waals surface area contributed by atoms with Gasteiger partial charge in [0.2, 0.25) is 6.79 Å². The maximum atomic E-state index is 5.39. The van der Waals surface area contributed by atoms with Crippen LogP contribution in [0.15, 0.2) is 28.9 Å². The van der Waals surface area contributed by atoms with Crippen molar-refractivity contribution >= 4 is 21.7 Å². The van der Waals surface area contributed by atoms with E-state index in [1.54, 1.807) is 0 Å². The zero-order valence-electron chi connectivity index (χ0n) is 11.3. The van der Waals surface area contributed by atoms with Gasteiger partial charge in [-0.25, -0.2) is 9.97 Å². The number of halogens is 1. The fraction of sp³-hybridized carbons (Fsp3) is 0.333. The Balaban J connectivity index is 1.49. The number of nitrogens with one attached hydrogen (secondary N) is 1. The van der Waals surface area contributed by atoms with Gasteiger partial charge in [0.1, 0.15) is 16.2 Å². The molecule has 1 aromatic carbocycles. The second-order valence-corrected chi connectivity index (χ2v) is 6.06. The van der Waals surface area contributed by atoms with E-state index in [1.165, 1.54) is 12.8 Å². The van der Waals surface area contributed by atoms with Crippen molar-refractivity contribution in [2.75, 3.05) is 12.1 Å². The molecule has 2 heterocycles. The van der Waals surface area contributed by atoms with Gasteiger partial charge >= 0.3 is 0 Å². The molecule has 108 valence electrons. The molecule has 0 unspecified atom stereocenters. The highest BCUT2D eigenvalue weighted by atomic mass is 79.9. The zero-order chi connectivity index (χ0) is 14.2. The van der Waals surface area contributed by atoms with E-state index in [0.717, 1.165) is 33.3 Å². The first-order valence-corrected chi connectivity index (χ1v) is 7.74. The molecule has 2 aliphatic rings. The van der Waals surface area contributed by atoms with Crippen LogP contribution < -0.4 is 14.8 Å². The van der Waals surface area contributed by atoms with E-state index in [0.29, 0.717) is 19.3 Å². The number of ether oxygens (including phenoxy) is 2. The first kappa shape index (κ1) is 12.9. The van der Waals surface area contributed by atoms with E-state index >= 15 is 0 Å². The molecule has 6 heteroatoms. The molecule has 5 nitrogen and oxygen atoms in total. The third-order valence-electron chi connectivity index (χ3n) is 3.57. The second-order valence-electron chi connectivity index (χ2n) is 5.25. The molecule has 1 saturated carbocycles. The van der Waals surface area contributed by atoms with Gasteiger partial charge in [-0.15, -0.1) is 0 Å². The van der Waals surface area contributed by atoms with E-state index in [9.17, 15) is 0 Å². The van der Waals surface area contributed by atoms with Crippen LogP contribution in [0, 0.1) is 0 Å². The standard InChI is InChI=1S/C15H14BrN3O2/c16-13-6-14(19-15(18-13)10-2-3-10)17-7-9-1-4-11-12(5-9)21-8-20-11/h1,4-6,10H,2-3,7-8H2,(H,17,18,19). The number of hydrogen-bond acceptors (Lipinski definition) is 5. The zero-order valence-corrected chi connectivity index (χ0v) is 12.9. The van der Waals surface area contributed by atoms with Gasteiger partial charge in [0.25, 0.3) is 0 Å². The van der Waals surface area contributed by atoms with Crippen LogP contribution in [0.5, 0.6) is 11.5 Å². The Labute approximate surface area is 130 Å². The number of aromatic nitrogens is 2. The molecular weight excluding hydrogens is 334 g/mol. The van der Waals surface area contributed by atoms with Gasteiger partial charge in [-0.3, -0.25) is 0 Å². The summed E-state index contributed by atoms with van der Waals surface area (Å²) in [6.07, 6.45) is 2.39. The van der Waals surface area contributed by atoms with Crippen molar-refractivity contribution in [2.24, 2.45) is 0 Å². The highest BCUT2D eigenvalue weighted by Gasteiger charge is 2.27. The molecule has 1 aliphatic carbocycles. The third-order valence-corrected chi connectivity index (χ3v) is 3.97. The van der Waals surface area contributed by atoms with E-state index in [1.807, 2.05) is 24.3 Å². The number of anilines is 1. The lowest BCUT2D eigenvalue weighted by atomic mass is 10.2. The second kappa shape index (κ2) is 5.18. The summed E-state index contributed by atoms with van der Waals surface area (Å²) in [5.74, 6) is 3.92. The molecule has 0 bridgehead atoms. The molecule has 1 fully saturated rings. The number of hydrogen-bond donors (Lipinski definition) is 1. The van der Waals surface area contributed by atoms with Gasteiger partial charge in [-0.2, -0.15) is 0 Å². The monoisotopic (exact) mass is 347 g/mol. The van der Waals surface area contributed by atoms with Crippen LogP contribution in [0.3, 0.4) is 0 Å². The average Bonchev–Trinajstić information content (AvgIpc) is 3.23. The van der Waals surface area contributed by atoms with Crippen LogP contribution in [0.2, 0.25) is 0 Å². The van der Waals surface area contributed by atoms with Crippen LogP contribution in [-0.2, 0) is 6.54 Å². The van der Waals surface area contributed by atoms with E-state index < -0.39 is 0 Å². The molecule has 2 aromatic rings. The van der Waals surface area contributed by atoms with Crippen molar-refractivity contribution in [1.29, 1.82) is 0 Å². The minimum absolute atomic E-state index is 0.301. The highest BCUT2D eigenvalue weighted by Crippen LogP contribution is 2.39. The Bertz CT molecular complexity index is 689. The van der Waals surface area contributed by atoms with Crippen LogP contribution >= 0.6 is 15.9 Å². The highest BCUT2D eigenvalue weighted by molar-refractivity contribution is 9.10. The summed E-state index contributed by atoms with van der Waals surface area (Å²) < 4.78 is 11.5. The van der Waals surface area contributed by atoms with Crippen LogP contribution in [0.4, 0.5) is 5.82 Å². The summed E-state index contributed by atoms with van der Waals surface area (Å²) in [5, 5.41) is 3.34. The number of nitrogens with zero attached hydrogens (tertiary/aromatic N) is 2. The molecule has 1 aromatic heterocycles. The summed E-state index contributed by atoms with van der Waals surface area (Å²) in [6, 6.07) is 7.86. The minimum atomic E-state index is 0.301. The first-order chi connectivity index (χ1) is 10.3. The molecule has 0 atom stereocenters. The molecule has 21 heavy (non-hydrogen) atoms. The van der Waals surface area contributed by atoms with Crippen molar-refractivity contribution in [3.63, 3.8) is 0 Å². The molecule has 0 radical (unpaired) electrons. The summed E-state index contributed by atoms with van der Waals surface area (Å²) in [5.41, 5.74) is 1.13. The topological polar surface area (TPSA) is 56.3 Å². The van der Waals surface area contributed by atoms with Crippen LogP contribution in [-0.4, -0.2) is 16.8 Å². The summed E-state index contributed by atoms with van der Waals surface area (Å²) in [7, 11) is 0. The van der Waals surface area contributed by atoms with E-state index in [2.05, 4.69) is 31.2 Å². The molecule has 0 amide bonds. The molecule has 4 rings (SSSR count). The van der Waals surface area contributed by atoms with Gasteiger partial charge in [-0.1, -0.05) is 6.07 Å². The van der Waals surface area contributed by atoms with Crippen molar-refractivity contribution in [1.82, 2.24) is 9.97 Å². The Hall–Kier alpha value is -1.82. The fourth-order valence-corrected chi connectivity index (χ4v) is 2.69. The molecular formula is C15H14BrN3O2. The van der Waals surface area contributed by atoms with Gasteiger partial charge in [-0.05, 0) is 46.5 Å². The maximum absolute atomic E-state index is 5.39. The van der Waals surface area contributed by atoms with Crippen molar-refractivity contribution in [3.8, 4) is 11.5 Å². The molecule has 1 N–H and O–H groups in total. The van der Waals surface area contributed by atoms with Gasteiger partial charge in [0.05, 0.1) is 0 Å². The minimum Gasteiger partial charge on any atom is -0.454 e. The number of fused-ring (bicyclic) bond motifs is 1. The maximum Gasteiger partial charge on any atom is 0.231 e. The van der Waals surface area contributed by atoms with Crippen LogP contribution in [0.25, 0.3) is 0 Å². The predicted molar refractivity (Wildman–Crippen MR) is 81.6 cm³/mol. The fourth-order valence-electron chi connectivity index (χ4n) is 2.29. The first-order valence-electron chi connectivity index (χ1n) is 6.95. The van der Waals surface area contributed by atoms with Crippen molar-refractivity contribution < 1.29 is 9.47 Å².